The van der Waals surface area contributed by atoms with Gasteiger partial charge in [0.25, 0.3) is 0 Å². The molecule has 1 spiro atoms. The van der Waals surface area contributed by atoms with E-state index in [1.807, 2.05) is 54.2 Å². The van der Waals surface area contributed by atoms with Crippen LogP contribution in [0.5, 0.6) is 0 Å². The van der Waals surface area contributed by atoms with Gasteiger partial charge in [-0.25, -0.2) is 9.97 Å². The minimum Gasteiger partial charge on any atom is -0.228 e. The van der Waals surface area contributed by atoms with E-state index in [0.717, 1.165) is 50.3 Å². The fourth-order valence-electron chi connectivity index (χ4n) is 8.93. The van der Waals surface area contributed by atoms with Gasteiger partial charge < -0.3 is 0 Å². The summed E-state index contributed by atoms with van der Waals surface area (Å²) in [6.45, 7) is 0. The summed E-state index contributed by atoms with van der Waals surface area (Å²) in [5, 5.41) is 9.49. The molecule has 4 heteroatoms. The molecule has 2 heterocycles. The molecule has 0 saturated carbocycles. The molecule has 1 aromatic heterocycles. The average Bonchev–Trinajstić information content (AvgIpc) is 3.60. The summed E-state index contributed by atoms with van der Waals surface area (Å²) in [7, 11) is 0. The molecule has 2 aliphatic rings. The van der Waals surface area contributed by atoms with Gasteiger partial charge in [-0.3, -0.25) is 0 Å². The van der Waals surface area contributed by atoms with E-state index in [2.05, 4.69) is 164 Å². The first-order chi connectivity index (χ1) is 28.7. The Kier molecular flexibility index (Phi) is 8.03. The van der Waals surface area contributed by atoms with Crippen molar-refractivity contribution in [3.05, 3.63) is 228 Å². The van der Waals surface area contributed by atoms with Crippen LogP contribution in [0, 0.1) is 11.3 Å². The fourth-order valence-corrected chi connectivity index (χ4v) is 10.1. The van der Waals surface area contributed by atoms with Crippen molar-refractivity contribution in [3.63, 3.8) is 0 Å². The van der Waals surface area contributed by atoms with E-state index in [4.69, 9.17) is 9.97 Å². The summed E-state index contributed by atoms with van der Waals surface area (Å²) in [6, 6.07) is 73.4. The molecule has 0 bridgehead atoms. The number of hydrogen-bond acceptors (Lipinski definition) is 4. The van der Waals surface area contributed by atoms with Gasteiger partial charge in [-0.15, -0.1) is 0 Å². The Balaban J connectivity index is 1.12. The van der Waals surface area contributed by atoms with Gasteiger partial charge in [-0.05, 0) is 98.1 Å². The van der Waals surface area contributed by atoms with E-state index in [0.29, 0.717) is 11.4 Å². The normalized spacial score (nSPS) is 12.9. The molecule has 0 N–H and O–H groups in total. The van der Waals surface area contributed by atoms with E-state index in [9.17, 15) is 5.26 Å². The predicted octanol–water partition coefficient (Wildman–Crippen LogP) is 13.5. The molecule has 58 heavy (non-hydrogen) atoms. The summed E-state index contributed by atoms with van der Waals surface area (Å²) >= 11 is 1.84. The Morgan fingerprint density at radius 1 is 0.379 bits per heavy atom. The van der Waals surface area contributed by atoms with Crippen LogP contribution in [0.1, 0.15) is 27.8 Å². The zero-order chi connectivity index (χ0) is 38.6. The molecule has 8 aromatic carbocycles. The van der Waals surface area contributed by atoms with Gasteiger partial charge in [-0.1, -0.05) is 169 Å². The Morgan fingerprint density at radius 2 is 0.862 bits per heavy atom. The van der Waals surface area contributed by atoms with Crippen LogP contribution in [0.15, 0.2) is 210 Å². The highest BCUT2D eigenvalue weighted by atomic mass is 32.2. The zero-order valence-corrected chi connectivity index (χ0v) is 32.1. The number of hydrogen-bond donors (Lipinski definition) is 0. The van der Waals surface area contributed by atoms with Gasteiger partial charge in [0.15, 0.2) is 5.82 Å². The second kappa shape index (κ2) is 13.7. The van der Waals surface area contributed by atoms with E-state index in [1.165, 1.54) is 43.2 Å². The average molecular weight is 756 g/mol. The predicted molar refractivity (Wildman–Crippen MR) is 235 cm³/mol. The first kappa shape index (κ1) is 34.0. The van der Waals surface area contributed by atoms with E-state index in [1.54, 1.807) is 0 Å². The molecule has 0 fully saturated rings. The summed E-state index contributed by atoms with van der Waals surface area (Å²) in [5.74, 6) is 0.703. The fraction of sp³-hybridized carbons (Fsp3) is 0.0185. The molecule has 9 aromatic rings. The lowest BCUT2D eigenvalue weighted by Gasteiger charge is -2.40. The SMILES string of the molecule is N#Cc1cccc(-c2ccc(-c3ccc4c(c3)C3(c5cc(-c6cc(-c7ccccc7)nc(-c7ccccc7)n6)ccc5S4)c4ccccc4-c4ccccc43)cc2)c1. The molecular weight excluding hydrogens is 723 g/mol. The summed E-state index contributed by atoms with van der Waals surface area (Å²) in [5.41, 5.74) is 17.0. The standard InChI is InChI=1S/C54H33N3S/c55-34-35-12-11-17-40(30-35)36-22-24-37(25-23-36)41-26-28-51-47(31-41)54(45-20-9-7-18-43(45)44-19-8-10-21-46(44)54)48-32-42(27-29-52(48)58-51)50-33-49(38-13-3-1-4-14-38)56-53(57-50)39-15-5-2-6-16-39/h1-33H. The lowest BCUT2D eigenvalue weighted by atomic mass is 9.66. The third kappa shape index (κ3) is 5.44. The highest BCUT2D eigenvalue weighted by Crippen LogP contribution is 2.62. The Morgan fingerprint density at radius 3 is 1.48 bits per heavy atom. The van der Waals surface area contributed by atoms with E-state index in [-0.39, 0.29) is 0 Å². The maximum atomic E-state index is 9.49. The molecule has 1 aliphatic carbocycles. The smallest absolute Gasteiger partial charge is 0.160 e. The first-order valence-corrected chi connectivity index (χ1v) is 20.3. The third-order valence-electron chi connectivity index (χ3n) is 11.6. The molecular formula is C54H33N3S. The summed E-state index contributed by atoms with van der Waals surface area (Å²) in [6.07, 6.45) is 0. The van der Waals surface area contributed by atoms with Gasteiger partial charge in [0.05, 0.1) is 28.4 Å². The summed E-state index contributed by atoms with van der Waals surface area (Å²) in [4.78, 5) is 12.8. The van der Waals surface area contributed by atoms with Gasteiger partial charge in [0.2, 0.25) is 0 Å². The molecule has 0 unspecified atom stereocenters. The largest absolute Gasteiger partial charge is 0.228 e. The minimum absolute atomic E-state index is 0.565. The van der Waals surface area contributed by atoms with Crippen LogP contribution in [0.25, 0.3) is 67.3 Å². The molecule has 0 saturated heterocycles. The molecule has 0 radical (unpaired) electrons. The number of aromatic nitrogens is 2. The van der Waals surface area contributed by atoms with Gasteiger partial charge >= 0.3 is 0 Å². The second-order valence-corrected chi connectivity index (χ2v) is 15.9. The molecule has 1 aliphatic heterocycles. The zero-order valence-electron chi connectivity index (χ0n) is 31.3. The van der Waals surface area contributed by atoms with Crippen molar-refractivity contribution in [2.75, 3.05) is 0 Å². The molecule has 270 valence electrons. The van der Waals surface area contributed by atoms with Crippen molar-refractivity contribution in [3.8, 4) is 73.4 Å². The number of benzene rings is 8. The van der Waals surface area contributed by atoms with E-state index >= 15 is 0 Å². The third-order valence-corrected chi connectivity index (χ3v) is 12.8. The quantitative estimate of drug-likeness (QED) is 0.175. The maximum Gasteiger partial charge on any atom is 0.160 e. The monoisotopic (exact) mass is 755 g/mol. The van der Waals surface area contributed by atoms with Crippen LogP contribution >= 0.6 is 11.8 Å². The second-order valence-electron chi connectivity index (χ2n) is 14.8. The topological polar surface area (TPSA) is 49.6 Å². The Bertz CT molecular complexity index is 2990. The molecule has 11 rings (SSSR count). The van der Waals surface area contributed by atoms with Crippen molar-refractivity contribution in [1.82, 2.24) is 9.97 Å². The maximum absolute atomic E-state index is 9.49. The lowest BCUT2D eigenvalue weighted by Crippen LogP contribution is -2.32. The Labute approximate surface area is 342 Å². The van der Waals surface area contributed by atoms with Crippen molar-refractivity contribution < 1.29 is 0 Å². The van der Waals surface area contributed by atoms with Crippen LogP contribution in [0.3, 0.4) is 0 Å². The van der Waals surface area contributed by atoms with Crippen LogP contribution in [-0.2, 0) is 5.41 Å². The van der Waals surface area contributed by atoms with Crippen molar-refractivity contribution in [2.24, 2.45) is 0 Å². The lowest BCUT2D eigenvalue weighted by molar-refractivity contribution is 0.723. The first-order valence-electron chi connectivity index (χ1n) is 19.4. The minimum atomic E-state index is -0.565. The highest BCUT2D eigenvalue weighted by Gasteiger charge is 2.50. The van der Waals surface area contributed by atoms with Crippen LogP contribution < -0.4 is 0 Å². The van der Waals surface area contributed by atoms with Crippen LogP contribution in [0.4, 0.5) is 0 Å². The highest BCUT2D eigenvalue weighted by molar-refractivity contribution is 7.99. The molecule has 0 atom stereocenters. The van der Waals surface area contributed by atoms with Crippen LogP contribution in [-0.4, -0.2) is 9.97 Å². The number of fused-ring (bicyclic) bond motifs is 9. The van der Waals surface area contributed by atoms with Gasteiger partial charge in [-0.2, -0.15) is 5.26 Å². The van der Waals surface area contributed by atoms with Crippen molar-refractivity contribution in [1.29, 1.82) is 5.26 Å². The van der Waals surface area contributed by atoms with Crippen molar-refractivity contribution in [2.45, 2.75) is 15.2 Å². The molecule has 3 nitrogen and oxygen atoms in total. The number of nitrogens with zero attached hydrogens (tertiary/aromatic N) is 3. The number of nitriles is 1. The number of rotatable bonds is 5. The van der Waals surface area contributed by atoms with Crippen molar-refractivity contribution >= 4 is 11.8 Å². The van der Waals surface area contributed by atoms with Crippen LogP contribution in [0.2, 0.25) is 0 Å². The van der Waals surface area contributed by atoms with Gasteiger partial charge in [0.1, 0.15) is 0 Å². The Hall–Kier alpha value is -7.32. The molecule has 0 amide bonds. The summed E-state index contributed by atoms with van der Waals surface area (Å²) < 4.78 is 0. The van der Waals surface area contributed by atoms with E-state index < -0.39 is 5.41 Å². The van der Waals surface area contributed by atoms with Gasteiger partial charge in [0, 0.05) is 26.5 Å².